The summed E-state index contributed by atoms with van der Waals surface area (Å²) in [7, 11) is 0. The van der Waals surface area contributed by atoms with E-state index in [1.165, 1.54) is 11.1 Å². The molecule has 0 spiro atoms. The van der Waals surface area contributed by atoms with Crippen LogP contribution in [0.3, 0.4) is 0 Å². The van der Waals surface area contributed by atoms with E-state index in [-0.39, 0.29) is 12.4 Å². The van der Waals surface area contributed by atoms with Crippen LogP contribution in [0, 0.1) is 6.92 Å². The first-order chi connectivity index (χ1) is 8.77. The molecule has 2 heterocycles. The molecule has 0 radical (unpaired) electrons. The van der Waals surface area contributed by atoms with Gasteiger partial charge in [0.2, 0.25) is 0 Å². The number of para-hydroxylation sites is 1. The first-order valence-electron chi connectivity index (χ1n) is 6.28. The summed E-state index contributed by atoms with van der Waals surface area (Å²) in [5.41, 5.74) is 3.42. The minimum absolute atomic E-state index is 0. The Labute approximate surface area is 127 Å². The van der Waals surface area contributed by atoms with Gasteiger partial charge in [0.1, 0.15) is 0 Å². The molecule has 1 aromatic carbocycles. The average molecular weight is 343 g/mol. The fourth-order valence-electron chi connectivity index (χ4n) is 2.49. The number of benzene rings is 1. The van der Waals surface area contributed by atoms with E-state index >= 15 is 0 Å². The number of anilines is 1. The number of pyridine rings is 1. The third kappa shape index (κ3) is 2.71. The molecule has 1 saturated heterocycles. The lowest BCUT2D eigenvalue weighted by Crippen LogP contribution is -2.43. The maximum absolute atomic E-state index is 4.64. The van der Waals surface area contributed by atoms with Crippen LogP contribution < -0.4 is 10.2 Å². The van der Waals surface area contributed by atoms with E-state index in [0.29, 0.717) is 0 Å². The first-order valence-corrected chi connectivity index (χ1v) is 7.07. The minimum atomic E-state index is 0. The van der Waals surface area contributed by atoms with Gasteiger partial charge < -0.3 is 10.2 Å². The van der Waals surface area contributed by atoms with E-state index in [0.717, 1.165) is 41.9 Å². The molecule has 0 saturated carbocycles. The number of hydrogen-bond acceptors (Lipinski definition) is 3. The van der Waals surface area contributed by atoms with Gasteiger partial charge in [0.15, 0.2) is 0 Å². The van der Waals surface area contributed by atoms with Crippen molar-refractivity contribution >= 4 is 44.9 Å². The van der Waals surface area contributed by atoms with Gasteiger partial charge in [0.05, 0.1) is 21.4 Å². The summed E-state index contributed by atoms with van der Waals surface area (Å²) in [5.74, 6) is 0. The van der Waals surface area contributed by atoms with Crippen LogP contribution in [0.5, 0.6) is 0 Å². The maximum Gasteiger partial charge on any atom is 0.0726 e. The standard InChI is InChI=1S/C14H16BrN3.ClH/c1-10-13(15)14(18-8-6-16-7-9-18)11-4-2-3-5-12(11)17-10;/h2-5,16H,6-9H2,1H3;1H. The van der Waals surface area contributed by atoms with Crippen LogP contribution in [-0.2, 0) is 0 Å². The Morgan fingerprint density at radius 3 is 2.63 bits per heavy atom. The zero-order valence-corrected chi connectivity index (χ0v) is 13.2. The largest absolute Gasteiger partial charge is 0.367 e. The van der Waals surface area contributed by atoms with Crippen LogP contribution in [0.4, 0.5) is 5.69 Å². The number of halogens is 2. The van der Waals surface area contributed by atoms with Gasteiger partial charge in [-0.25, -0.2) is 0 Å². The molecule has 1 aliphatic heterocycles. The number of nitrogens with zero attached hydrogens (tertiary/aromatic N) is 2. The van der Waals surface area contributed by atoms with Gasteiger partial charge in [-0.05, 0) is 28.9 Å². The highest BCUT2D eigenvalue weighted by atomic mass is 79.9. The van der Waals surface area contributed by atoms with E-state index in [9.17, 15) is 0 Å². The average Bonchev–Trinajstić information content (AvgIpc) is 2.41. The summed E-state index contributed by atoms with van der Waals surface area (Å²) >= 11 is 3.71. The zero-order valence-electron chi connectivity index (χ0n) is 10.8. The summed E-state index contributed by atoms with van der Waals surface area (Å²) in [6, 6.07) is 8.37. The van der Waals surface area contributed by atoms with E-state index < -0.39 is 0 Å². The Balaban J connectivity index is 0.00000133. The molecule has 19 heavy (non-hydrogen) atoms. The second kappa shape index (κ2) is 6.07. The molecule has 3 nitrogen and oxygen atoms in total. The Morgan fingerprint density at radius 1 is 1.21 bits per heavy atom. The Morgan fingerprint density at radius 2 is 1.89 bits per heavy atom. The second-order valence-corrected chi connectivity index (χ2v) is 5.41. The number of rotatable bonds is 1. The quantitative estimate of drug-likeness (QED) is 0.863. The van der Waals surface area contributed by atoms with Crippen molar-refractivity contribution in [3.8, 4) is 0 Å². The summed E-state index contributed by atoms with van der Waals surface area (Å²) in [6.07, 6.45) is 0. The number of fused-ring (bicyclic) bond motifs is 1. The summed E-state index contributed by atoms with van der Waals surface area (Å²) in [5, 5.41) is 4.63. The third-order valence-electron chi connectivity index (χ3n) is 3.41. The molecule has 0 aliphatic carbocycles. The molecule has 5 heteroatoms. The van der Waals surface area contributed by atoms with Crippen molar-refractivity contribution in [2.75, 3.05) is 31.1 Å². The van der Waals surface area contributed by atoms with Crippen molar-refractivity contribution in [3.05, 3.63) is 34.4 Å². The van der Waals surface area contributed by atoms with Crippen molar-refractivity contribution in [3.63, 3.8) is 0 Å². The van der Waals surface area contributed by atoms with E-state index in [1.807, 2.05) is 6.07 Å². The summed E-state index contributed by atoms with van der Waals surface area (Å²) < 4.78 is 1.13. The molecule has 0 unspecified atom stereocenters. The monoisotopic (exact) mass is 341 g/mol. The van der Waals surface area contributed by atoms with Crippen molar-refractivity contribution in [2.24, 2.45) is 0 Å². The molecular weight excluding hydrogens is 326 g/mol. The first kappa shape index (κ1) is 14.6. The van der Waals surface area contributed by atoms with Crippen LogP contribution >= 0.6 is 28.3 Å². The number of hydrogen-bond donors (Lipinski definition) is 1. The van der Waals surface area contributed by atoms with Gasteiger partial charge in [0, 0.05) is 31.6 Å². The van der Waals surface area contributed by atoms with Gasteiger partial charge >= 0.3 is 0 Å². The van der Waals surface area contributed by atoms with E-state index in [4.69, 9.17) is 0 Å². The number of aryl methyl sites for hydroxylation is 1. The minimum Gasteiger partial charge on any atom is -0.367 e. The van der Waals surface area contributed by atoms with Gasteiger partial charge in [-0.15, -0.1) is 12.4 Å². The van der Waals surface area contributed by atoms with Crippen LogP contribution in [-0.4, -0.2) is 31.2 Å². The lowest BCUT2D eigenvalue weighted by molar-refractivity contribution is 0.589. The number of aromatic nitrogens is 1. The Hall–Kier alpha value is -0.840. The summed E-state index contributed by atoms with van der Waals surface area (Å²) in [6.45, 7) is 6.24. The SMILES string of the molecule is Cc1nc2ccccc2c(N2CCNCC2)c1Br.Cl. The molecule has 1 aliphatic rings. The molecule has 1 N–H and O–H groups in total. The van der Waals surface area contributed by atoms with Gasteiger partial charge in [-0.1, -0.05) is 18.2 Å². The predicted octanol–water partition coefficient (Wildman–Crippen LogP) is 3.14. The van der Waals surface area contributed by atoms with Gasteiger partial charge in [0.25, 0.3) is 0 Å². The summed E-state index contributed by atoms with van der Waals surface area (Å²) in [4.78, 5) is 7.08. The molecule has 0 atom stereocenters. The molecule has 3 rings (SSSR count). The fourth-order valence-corrected chi connectivity index (χ4v) is 3.04. The molecule has 1 fully saturated rings. The van der Waals surface area contributed by atoms with E-state index in [1.54, 1.807) is 0 Å². The molecule has 102 valence electrons. The highest BCUT2D eigenvalue weighted by molar-refractivity contribution is 9.10. The molecular formula is C14H17BrClN3. The Bertz CT molecular complexity index is 582. The molecule has 0 bridgehead atoms. The predicted molar refractivity (Wildman–Crippen MR) is 86.5 cm³/mol. The molecule has 0 amide bonds. The highest BCUT2D eigenvalue weighted by Crippen LogP contribution is 2.35. The lowest BCUT2D eigenvalue weighted by atomic mass is 10.1. The van der Waals surface area contributed by atoms with E-state index in [2.05, 4.69) is 56.3 Å². The highest BCUT2D eigenvalue weighted by Gasteiger charge is 2.18. The topological polar surface area (TPSA) is 28.2 Å². The van der Waals surface area contributed by atoms with Crippen LogP contribution in [0.15, 0.2) is 28.7 Å². The smallest absolute Gasteiger partial charge is 0.0726 e. The Kier molecular flexibility index (Phi) is 4.66. The van der Waals surface area contributed by atoms with Crippen molar-refractivity contribution in [1.82, 2.24) is 10.3 Å². The van der Waals surface area contributed by atoms with Crippen LogP contribution in [0.2, 0.25) is 0 Å². The second-order valence-electron chi connectivity index (χ2n) is 4.61. The zero-order chi connectivity index (χ0) is 12.5. The molecule has 1 aromatic heterocycles. The normalized spacial score (nSPS) is 15.4. The third-order valence-corrected chi connectivity index (χ3v) is 4.36. The fraction of sp³-hybridized carbons (Fsp3) is 0.357. The van der Waals surface area contributed by atoms with Crippen LogP contribution in [0.25, 0.3) is 10.9 Å². The van der Waals surface area contributed by atoms with Crippen molar-refractivity contribution < 1.29 is 0 Å². The maximum atomic E-state index is 4.64. The van der Waals surface area contributed by atoms with Crippen molar-refractivity contribution in [2.45, 2.75) is 6.92 Å². The van der Waals surface area contributed by atoms with Gasteiger partial charge in [-0.2, -0.15) is 0 Å². The lowest BCUT2D eigenvalue weighted by Gasteiger charge is -2.31. The van der Waals surface area contributed by atoms with Gasteiger partial charge in [-0.3, -0.25) is 4.98 Å². The van der Waals surface area contributed by atoms with Crippen molar-refractivity contribution in [1.29, 1.82) is 0 Å². The molecule has 2 aromatic rings. The number of nitrogens with one attached hydrogen (secondary N) is 1. The van der Waals surface area contributed by atoms with Crippen LogP contribution in [0.1, 0.15) is 5.69 Å². The number of piperazine rings is 1.